The van der Waals surface area contributed by atoms with Crippen LogP contribution in [-0.2, 0) is 6.54 Å². The third-order valence-electron chi connectivity index (χ3n) is 4.42. The number of rotatable bonds is 4. The van der Waals surface area contributed by atoms with E-state index < -0.39 is 0 Å². The van der Waals surface area contributed by atoms with Gasteiger partial charge in [0.15, 0.2) is 5.76 Å². The molecule has 1 saturated heterocycles. The lowest BCUT2D eigenvalue weighted by Gasteiger charge is -2.34. The van der Waals surface area contributed by atoms with Crippen LogP contribution in [0.2, 0.25) is 0 Å². The molecule has 1 aliphatic heterocycles. The van der Waals surface area contributed by atoms with Crippen molar-refractivity contribution in [2.45, 2.75) is 13.5 Å². The van der Waals surface area contributed by atoms with E-state index in [2.05, 4.69) is 25.6 Å². The third-order valence-corrected chi connectivity index (χ3v) is 4.42. The Morgan fingerprint density at radius 2 is 2.04 bits per heavy atom. The zero-order chi connectivity index (χ0) is 17.9. The quantitative estimate of drug-likeness (QED) is 0.688. The second-order valence-corrected chi connectivity index (χ2v) is 6.31. The van der Waals surface area contributed by atoms with Crippen LogP contribution in [0.15, 0.2) is 41.2 Å². The molecule has 3 heterocycles. The highest BCUT2D eigenvalue weighted by Crippen LogP contribution is 2.14. The van der Waals surface area contributed by atoms with Gasteiger partial charge in [0, 0.05) is 37.8 Å². The molecule has 0 atom stereocenters. The largest absolute Gasteiger partial charge is 0.360 e. The van der Waals surface area contributed by atoms with E-state index in [1.54, 1.807) is 0 Å². The molecular formula is C17H19N7O2. The SMILES string of the molecule is Cc1cc(CN2CCN(C(=O)c3cccc(-n4cnnn4)c3)CC2)on1. The molecule has 0 saturated carbocycles. The minimum atomic E-state index is 0.0232. The first kappa shape index (κ1) is 16.4. The monoisotopic (exact) mass is 353 g/mol. The molecule has 4 rings (SSSR count). The van der Waals surface area contributed by atoms with Gasteiger partial charge in [-0.1, -0.05) is 11.2 Å². The first-order valence-electron chi connectivity index (χ1n) is 8.46. The summed E-state index contributed by atoms with van der Waals surface area (Å²) in [7, 11) is 0. The van der Waals surface area contributed by atoms with Gasteiger partial charge >= 0.3 is 0 Å². The Morgan fingerprint density at radius 3 is 2.73 bits per heavy atom. The van der Waals surface area contributed by atoms with Gasteiger partial charge in [-0.2, -0.15) is 0 Å². The fourth-order valence-electron chi connectivity index (χ4n) is 3.06. The highest BCUT2D eigenvalue weighted by Gasteiger charge is 2.23. The van der Waals surface area contributed by atoms with Crippen molar-refractivity contribution in [2.75, 3.05) is 26.2 Å². The number of carbonyl (C=O) groups is 1. The van der Waals surface area contributed by atoms with E-state index >= 15 is 0 Å². The Kier molecular flexibility index (Phi) is 4.44. The highest BCUT2D eigenvalue weighted by atomic mass is 16.5. The second kappa shape index (κ2) is 7.04. The first-order valence-corrected chi connectivity index (χ1v) is 8.46. The fraction of sp³-hybridized carbons (Fsp3) is 0.353. The minimum absolute atomic E-state index is 0.0232. The summed E-state index contributed by atoms with van der Waals surface area (Å²) in [6, 6.07) is 9.28. The van der Waals surface area contributed by atoms with Crippen LogP contribution < -0.4 is 0 Å². The van der Waals surface area contributed by atoms with Gasteiger partial charge in [0.05, 0.1) is 17.9 Å². The molecule has 2 aromatic heterocycles. The number of piperazine rings is 1. The summed E-state index contributed by atoms with van der Waals surface area (Å²) in [4.78, 5) is 16.9. The Balaban J connectivity index is 1.38. The molecule has 0 unspecified atom stereocenters. The average molecular weight is 353 g/mol. The summed E-state index contributed by atoms with van der Waals surface area (Å²) in [5, 5.41) is 15.0. The molecule has 0 aliphatic carbocycles. The molecule has 1 fully saturated rings. The lowest BCUT2D eigenvalue weighted by Crippen LogP contribution is -2.48. The van der Waals surface area contributed by atoms with Gasteiger partial charge in [0.2, 0.25) is 0 Å². The average Bonchev–Trinajstić information content (AvgIpc) is 3.34. The second-order valence-electron chi connectivity index (χ2n) is 6.31. The van der Waals surface area contributed by atoms with Crippen LogP contribution in [0.4, 0.5) is 0 Å². The summed E-state index contributed by atoms with van der Waals surface area (Å²) < 4.78 is 6.80. The number of tetrazole rings is 1. The number of carbonyl (C=O) groups excluding carboxylic acids is 1. The molecule has 0 spiro atoms. The van der Waals surface area contributed by atoms with Crippen LogP contribution >= 0.6 is 0 Å². The van der Waals surface area contributed by atoms with E-state index in [1.807, 2.05) is 42.2 Å². The number of benzene rings is 1. The van der Waals surface area contributed by atoms with Crippen LogP contribution in [0.25, 0.3) is 5.69 Å². The van der Waals surface area contributed by atoms with Gasteiger partial charge in [-0.25, -0.2) is 4.68 Å². The zero-order valence-corrected chi connectivity index (χ0v) is 14.4. The molecule has 9 heteroatoms. The summed E-state index contributed by atoms with van der Waals surface area (Å²) >= 11 is 0. The number of nitrogens with zero attached hydrogens (tertiary/aromatic N) is 7. The van der Waals surface area contributed by atoms with Gasteiger partial charge in [-0.05, 0) is 35.5 Å². The van der Waals surface area contributed by atoms with E-state index in [4.69, 9.17) is 4.52 Å². The van der Waals surface area contributed by atoms with Gasteiger partial charge in [0.25, 0.3) is 5.91 Å². The van der Waals surface area contributed by atoms with Gasteiger partial charge < -0.3 is 9.42 Å². The Labute approximate surface area is 150 Å². The van der Waals surface area contributed by atoms with Crippen molar-refractivity contribution in [1.29, 1.82) is 0 Å². The van der Waals surface area contributed by atoms with E-state index in [1.165, 1.54) is 11.0 Å². The Bertz CT molecular complexity index is 882. The fourth-order valence-corrected chi connectivity index (χ4v) is 3.06. The summed E-state index contributed by atoms with van der Waals surface area (Å²) in [5.74, 6) is 0.881. The van der Waals surface area contributed by atoms with Crippen molar-refractivity contribution in [1.82, 2.24) is 35.2 Å². The third kappa shape index (κ3) is 3.47. The normalized spacial score (nSPS) is 15.3. The molecule has 1 amide bonds. The summed E-state index contributed by atoms with van der Waals surface area (Å²) in [6.45, 7) is 5.60. The molecule has 26 heavy (non-hydrogen) atoms. The lowest BCUT2D eigenvalue weighted by atomic mass is 10.1. The molecule has 3 aromatic rings. The van der Waals surface area contributed by atoms with Gasteiger partial charge in [0.1, 0.15) is 6.33 Å². The molecule has 0 N–H and O–H groups in total. The highest BCUT2D eigenvalue weighted by molar-refractivity contribution is 5.94. The summed E-state index contributed by atoms with van der Waals surface area (Å²) in [6.07, 6.45) is 1.51. The van der Waals surface area contributed by atoms with E-state index in [0.29, 0.717) is 18.7 Å². The minimum Gasteiger partial charge on any atom is -0.360 e. The number of amides is 1. The number of aryl methyl sites for hydroxylation is 1. The summed E-state index contributed by atoms with van der Waals surface area (Å²) in [5.41, 5.74) is 2.29. The van der Waals surface area contributed by atoms with Crippen molar-refractivity contribution >= 4 is 5.91 Å². The lowest BCUT2D eigenvalue weighted by molar-refractivity contribution is 0.0617. The standard InChI is InChI=1S/C17H19N7O2/c1-13-9-16(26-19-13)11-22-5-7-23(8-6-22)17(25)14-3-2-4-15(10-14)24-12-18-20-21-24/h2-4,9-10,12H,5-8,11H2,1H3. The van der Waals surface area contributed by atoms with E-state index in [-0.39, 0.29) is 5.91 Å². The van der Waals surface area contributed by atoms with Gasteiger partial charge in [-0.15, -0.1) is 5.10 Å². The van der Waals surface area contributed by atoms with Crippen molar-refractivity contribution in [3.05, 3.63) is 53.7 Å². The molecule has 0 bridgehead atoms. The molecule has 0 radical (unpaired) electrons. The van der Waals surface area contributed by atoms with Crippen molar-refractivity contribution in [3.8, 4) is 5.69 Å². The molecule has 1 aliphatic rings. The van der Waals surface area contributed by atoms with Crippen LogP contribution in [0.1, 0.15) is 21.8 Å². The van der Waals surface area contributed by atoms with E-state index in [0.717, 1.165) is 36.8 Å². The maximum Gasteiger partial charge on any atom is 0.254 e. The maximum atomic E-state index is 12.8. The Morgan fingerprint density at radius 1 is 1.19 bits per heavy atom. The smallest absolute Gasteiger partial charge is 0.254 e. The number of aromatic nitrogens is 5. The van der Waals surface area contributed by atoms with Crippen molar-refractivity contribution in [2.24, 2.45) is 0 Å². The van der Waals surface area contributed by atoms with E-state index in [9.17, 15) is 4.79 Å². The molecule has 9 nitrogen and oxygen atoms in total. The predicted octanol–water partition coefficient (Wildman–Crippen LogP) is 0.917. The number of hydrogen-bond acceptors (Lipinski definition) is 7. The molecule has 134 valence electrons. The molecule has 1 aromatic carbocycles. The predicted molar refractivity (Wildman–Crippen MR) is 91.6 cm³/mol. The topological polar surface area (TPSA) is 93.2 Å². The maximum absolute atomic E-state index is 12.8. The van der Waals surface area contributed by atoms with Crippen LogP contribution in [0.3, 0.4) is 0 Å². The van der Waals surface area contributed by atoms with Crippen LogP contribution in [0, 0.1) is 6.92 Å². The van der Waals surface area contributed by atoms with Crippen LogP contribution in [-0.4, -0.2) is 67.2 Å². The van der Waals surface area contributed by atoms with Crippen molar-refractivity contribution in [3.63, 3.8) is 0 Å². The number of hydrogen-bond donors (Lipinski definition) is 0. The zero-order valence-electron chi connectivity index (χ0n) is 14.4. The first-order chi connectivity index (χ1) is 12.7. The van der Waals surface area contributed by atoms with Gasteiger partial charge in [-0.3, -0.25) is 9.69 Å². The van der Waals surface area contributed by atoms with Crippen molar-refractivity contribution < 1.29 is 9.32 Å². The Hall–Kier alpha value is -3.07. The van der Waals surface area contributed by atoms with Crippen LogP contribution in [0.5, 0.6) is 0 Å². The molecular weight excluding hydrogens is 334 g/mol.